The van der Waals surface area contributed by atoms with Gasteiger partial charge in [-0.3, -0.25) is 4.90 Å². The molecule has 2 aliphatic rings. The molecule has 1 fully saturated rings. The molecule has 1 atom stereocenters. The van der Waals surface area contributed by atoms with Gasteiger partial charge in [-0.2, -0.15) is 0 Å². The lowest BCUT2D eigenvalue weighted by atomic mass is 10.0. The molecular formula is C19H23FN2O3S. The monoisotopic (exact) mass is 378 g/mol. The molecule has 0 aromatic heterocycles. The maximum absolute atomic E-state index is 13.6. The molecule has 3 rings (SSSR count). The van der Waals surface area contributed by atoms with Crippen LogP contribution in [0.3, 0.4) is 0 Å². The number of carboxylic acid groups (broad SMARTS) is 1. The summed E-state index contributed by atoms with van der Waals surface area (Å²) in [7, 11) is 0. The third kappa shape index (κ3) is 3.79. The summed E-state index contributed by atoms with van der Waals surface area (Å²) in [6, 6.07) is 6.37. The summed E-state index contributed by atoms with van der Waals surface area (Å²) in [5.41, 5.74) is 1.80. The van der Waals surface area contributed by atoms with Crippen molar-refractivity contribution in [2.24, 2.45) is 0 Å². The van der Waals surface area contributed by atoms with E-state index in [1.54, 1.807) is 6.07 Å². The molecule has 140 valence electrons. The highest BCUT2D eigenvalue weighted by molar-refractivity contribution is 8.03. The van der Waals surface area contributed by atoms with Crippen LogP contribution in [-0.2, 0) is 11.3 Å². The van der Waals surface area contributed by atoms with Crippen molar-refractivity contribution in [3.63, 3.8) is 0 Å². The largest absolute Gasteiger partial charge is 0.478 e. The molecule has 2 N–H and O–H groups in total. The van der Waals surface area contributed by atoms with Gasteiger partial charge in [-0.25, -0.2) is 9.18 Å². The van der Waals surface area contributed by atoms with E-state index in [-0.39, 0.29) is 18.1 Å². The number of thioether (sulfide) groups is 1. The standard InChI is InChI=1S/C19H23FN2O3S/c1-3-26-18-17(19(24)25)12(2)7-16(21-10-15(23)11-21)22(18)9-13-5-4-6-14(20)8-13/h4-8,15-16,23H,3,9-11H2,1-2H3,(H,24,25). The summed E-state index contributed by atoms with van der Waals surface area (Å²) >= 11 is 1.48. The molecule has 26 heavy (non-hydrogen) atoms. The number of aliphatic carboxylic acids is 1. The fraction of sp³-hybridized carbons (Fsp3) is 0.421. The molecule has 0 radical (unpaired) electrons. The first-order valence-corrected chi connectivity index (χ1v) is 9.61. The molecule has 0 bridgehead atoms. The Morgan fingerprint density at radius 3 is 2.69 bits per heavy atom. The predicted octanol–water partition coefficient (Wildman–Crippen LogP) is 2.64. The van der Waals surface area contributed by atoms with Crippen molar-refractivity contribution in [2.75, 3.05) is 18.8 Å². The van der Waals surface area contributed by atoms with E-state index in [2.05, 4.69) is 4.90 Å². The van der Waals surface area contributed by atoms with Crippen LogP contribution in [0.1, 0.15) is 19.4 Å². The minimum atomic E-state index is -0.957. The van der Waals surface area contributed by atoms with Gasteiger partial charge in [0.25, 0.3) is 0 Å². The van der Waals surface area contributed by atoms with Crippen LogP contribution in [0.15, 0.2) is 46.5 Å². The van der Waals surface area contributed by atoms with Crippen molar-refractivity contribution in [2.45, 2.75) is 32.7 Å². The lowest BCUT2D eigenvalue weighted by Gasteiger charge is -2.48. The van der Waals surface area contributed by atoms with Crippen molar-refractivity contribution in [3.05, 3.63) is 57.9 Å². The van der Waals surface area contributed by atoms with Crippen LogP contribution in [-0.4, -0.2) is 57.1 Å². The molecule has 7 heteroatoms. The fourth-order valence-electron chi connectivity index (χ4n) is 3.39. The van der Waals surface area contributed by atoms with Crippen molar-refractivity contribution in [1.82, 2.24) is 9.80 Å². The van der Waals surface area contributed by atoms with Crippen LogP contribution in [0.4, 0.5) is 4.39 Å². The second-order valence-corrected chi connectivity index (χ2v) is 7.80. The Balaban J connectivity index is 2.00. The van der Waals surface area contributed by atoms with E-state index in [0.717, 1.165) is 16.9 Å². The fourth-order valence-corrected chi connectivity index (χ4v) is 4.39. The van der Waals surface area contributed by atoms with Gasteiger partial charge in [0.2, 0.25) is 0 Å². The van der Waals surface area contributed by atoms with Gasteiger partial charge in [-0.1, -0.05) is 19.1 Å². The van der Waals surface area contributed by atoms with Gasteiger partial charge in [0.15, 0.2) is 0 Å². The molecule has 1 unspecified atom stereocenters. The number of aliphatic hydroxyl groups excluding tert-OH is 1. The lowest BCUT2D eigenvalue weighted by molar-refractivity contribution is -0.132. The van der Waals surface area contributed by atoms with Gasteiger partial charge < -0.3 is 15.1 Å². The summed E-state index contributed by atoms with van der Waals surface area (Å²) in [5.74, 6) is -0.538. The van der Waals surface area contributed by atoms with E-state index >= 15 is 0 Å². The zero-order chi connectivity index (χ0) is 18.8. The Morgan fingerprint density at radius 2 is 2.12 bits per heavy atom. The number of likely N-dealkylation sites (tertiary alicyclic amines) is 1. The van der Waals surface area contributed by atoms with Crippen LogP contribution in [0.2, 0.25) is 0 Å². The Labute approximate surface area is 156 Å². The SMILES string of the molecule is CCSC1=C(C(=O)O)C(C)=CC(N2CC(O)C2)N1Cc1cccc(F)c1. The van der Waals surface area contributed by atoms with Crippen molar-refractivity contribution < 1.29 is 19.4 Å². The summed E-state index contributed by atoms with van der Waals surface area (Å²) in [4.78, 5) is 16.0. The average molecular weight is 378 g/mol. The smallest absolute Gasteiger partial charge is 0.338 e. The summed E-state index contributed by atoms with van der Waals surface area (Å²) in [5, 5.41) is 20.1. The number of halogens is 1. The second-order valence-electron chi connectivity index (χ2n) is 6.55. The maximum atomic E-state index is 13.6. The van der Waals surface area contributed by atoms with Crippen LogP contribution < -0.4 is 0 Å². The summed E-state index contributed by atoms with van der Waals surface area (Å²) < 4.78 is 13.6. The topological polar surface area (TPSA) is 64.0 Å². The molecule has 0 aliphatic carbocycles. The van der Waals surface area contributed by atoms with Gasteiger partial charge in [0.05, 0.1) is 16.7 Å². The molecular weight excluding hydrogens is 355 g/mol. The van der Waals surface area contributed by atoms with Gasteiger partial charge in [-0.15, -0.1) is 11.8 Å². The van der Waals surface area contributed by atoms with E-state index in [9.17, 15) is 19.4 Å². The molecule has 0 amide bonds. The highest BCUT2D eigenvalue weighted by Gasteiger charge is 2.38. The summed E-state index contributed by atoms with van der Waals surface area (Å²) in [6.07, 6.45) is 1.42. The quantitative estimate of drug-likeness (QED) is 0.794. The number of benzene rings is 1. The first-order valence-electron chi connectivity index (χ1n) is 8.63. The molecule has 1 aromatic carbocycles. The van der Waals surface area contributed by atoms with Gasteiger partial charge in [0.1, 0.15) is 12.0 Å². The molecule has 1 aromatic rings. The summed E-state index contributed by atoms with van der Waals surface area (Å²) in [6.45, 7) is 5.27. The zero-order valence-corrected chi connectivity index (χ0v) is 15.7. The molecule has 0 spiro atoms. The highest BCUT2D eigenvalue weighted by Crippen LogP contribution is 2.37. The minimum absolute atomic E-state index is 0.154. The third-order valence-electron chi connectivity index (χ3n) is 4.59. The number of β-amino-alcohol motifs (C(OH)–C–C–N with tert-alkyl or cyclic N) is 1. The highest BCUT2D eigenvalue weighted by atomic mass is 32.2. The Hall–Kier alpha value is -1.83. The third-order valence-corrected chi connectivity index (χ3v) is 5.59. The normalized spacial score (nSPS) is 21.6. The van der Waals surface area contributed by atoms with Crippen LogP contribution >= 0.6 is 11.8 Å². The van der Waals surface area contributed by atoms with Gasteiger partial charge in [-0.05, 0) is 42.0 Å². The molecule has 5 nitrogen and oxygen atoms in total. The molecule has 0 saturated carbocycles. The van der Waals surface area contributed by atoms with Crippen molar-refractivity contribution >= 4 is 17.7 Å². The lowest BCUT2D eigenvalue weighted by Crippen LogP contribution is -2.60. The van der Waals surface area contributed by atoms with E-state index in [4.69, 9.17) is 0 Å². The number of hydrogen-bond donors (Lipinski definition) is 2. The van der Waals surface area contributed by atoms with E-state index in [0.29, 0.717) is 30.2 Å². The number of rotatable bonds is 6. The maximum Gasteiger partial charge on any atom is 0.338 e. The minimum Gasteiger partial charge on any atom is -0.478 e. The van der Waals surface area contributed by atoms with E-state index in [1.807, 2.05) is 30.9 Å². The Bertz CT molecular complexity index is 759. The van der Waals surface area contributed by atoms with Crippen LogP contribution in [0.5, 0.6) is 0 Å². The first-order chi connectivity index (χ1) is 12.4. The van der Waals surface area contributed by atoms with Crippen molar-refractivity contribution in [1.29, 1.82) is 0 Å². The number of nitrogens with zero attached hydrogens (tertiary/aromatic N) is 2. The molecule has 2 heterocycles. The predicted molar refractivity (Wildman–Crippen MR) is 99.9 cm³/mol. The van der Waals surface area contributed by atoms with E-state index < -0.39 is 5.97 Å². The van der Waals surface area contributed by atoms with Gasteiger partial charge in [0, 0.05) is 19.6 Å². The first kappa shape index (κ1) is 18.9. The van der Waals surface area contributed by atoms with Gasteiger partial charge >= 0.3 is 5.97 Å². The molecule has 2 aliphatic heterocycles. The van der Waals surface area contributed by atoms with Crippen molar-refractivity contribution in [3.8, 4) is 0 Å². The van der Waals surface area contributed by atoms with E-state index in [1.165, 1.54) is 23.9 Å². The zero-order valence-electron chi connectivity index (χ0n) is 14.9. The average Bonchev–Trinajstić information content (AvgIpc) is 2.54. The molecule has 1 saturated heterocycles. The Kier molecular flexibility index (Phi) is 5.70. The number of hydrogen-bond acceptors (Lipinski definition) is 5. The second kappa shape index (κ2) is 7.82. The number of aliphatic hydroxyl groups is 1. The number of carbonyl (C=O) groups is 1. The number of carboxylic acids is 1. The Morgan fingerprint density at radius 1 is 1.38 bits per heavy atom. The van der Waals surface area contributed by atoms with Crippen LogP contribution in [0.25, 0.3) is 0 Å². The van der Waals surface area contributed by atoms with Crippen LogP contribution in [0, 0.1) is 5.82 Å².